The van der Waals surface area contributed by atoms with Crippen molar-refractivity contribution in [1.29, 1.82) is 0 Å². The van der Waals surface area contributed by atoms with Crippen molar-refractivity contribution in [2.24, 2.45) is 5.10 Å². The van der Waals surface area contributed by atoms with Gasteiger partial charge in [0.15, 0.2) is 0 Å². The molecule has 1 aliphatic rings. The van der Waals surface area contributed by atoms with Gasteiger partial charge in [0.25, 0.3) is 0 Å². The Kier molecular flexibility index (Phi) is 5.50. The molecule has 0 aromatic heterocycles. The molecule has 3 rings (SSSR count). The molecule has 1 aliphatic heterocycles. The number of nitro groups is 1. The van der Waals surface area contributed by atoms with Gasteiger partial charge in [0.1, 0.15) is 5.75 Å². The van der Waals surface area contributed by atoms with Crippen molar-refractivity contribution in [3.05, 3.63) is 63.2 Å². The first kappa shape index (κ1) is 17.2. The average molecular weight is 360 g/mol. The van der Waals surface area contributed by atoms with Gasteiger partial charge < -0.3 is 4.74 Å². The van der Waals surface area contributed by atoms with Crippen molar-refractivity contribution >= 4 is 23.5 Å². The average Bonchev–Trinajstić information content (AvgIpc) is 2.63. The maximum Gasteiger partial charge on any atom is 0.312 e. The standard InChI is InChI=1S/C18H18ClN3O3/c19-15-6-2-3-7-17(15)25-18-9-8-14(12-16(18)22(23)24)13-20-21-10-4-1-5-11-21/h2-3,6-9,12-13H,1,4-5,10-11H2/b20-13+. The minimum absolute atomic E-state index is 0.123. The van der Waals surface area contributed by atoms with E-state index in [9.17, 15) is 10.1 Å². The lowest BCUT2D eigenvalue weighted by molar-refractivity contribution is -0.385. The minimum Gasteiger partial charge on any atom is -0.449 e. The normalized spacial score (nSPS) is 14.7. The van der Waals surface area contributed by atoms with Crippen LogP contribution < -0.4 is 4.74 Å². The topological polar surface area (TPSA) is 68.0 Å². The minimum atomic E-state index is -0.468. The highest BCUT2D eigenvalue weighted by atomic mass is 35.5. The van der Waals surface area contributed by atoms with E-state index in [1.165, 1.54) is 12.5 Å². The zero-order chi connectivity index (χ0) is 17.6. The highest BCUT2D eigenvalue weighted by Gasteiger charge is 2.17. The van der Waals surface area contributed by atoms with Crippen LogP contribution in [-0.4, -0.2) is 29.2 Å². The van der Waals surface area contributed by atoms with E-state index in [-0.39, 0.29) is 11.4 Å². The van der Waals surface area contributed by atoms with Crippen molar-refractivity contribution in [2.45, 2.75) is 19.3 Å². The molecule has 2 aromatic rings. The summed E-state index contributed by atoms with van der Waals surface area (Å²) in [7, 11) is 0. The summed E-state index contributed by atoms with van der Waals surface area (Å²) in [6.45, 7) is 1.85. The van der Waals surface area contributed by atoms with Crippen LogP contribution in [0, 0.1) is 10.1 Å². The van der Waals surface area contributed by atoms with Crippen molar-refractivity contribution < 1.29 is 9.66 Å². The second-order valence-electron chi connectivity index (χ2n) is 5.78. The summed E-state index contributed by atoms with van der Waals surface area (Å²) in [5.41, 5.74) is 0.534. The predicted molar refractivity (Wildman–Crippen MR) is 97.6 cm³/mol. The highest BCUT2D eigenvalue weighted by Crippen LogP contribution is 2.35. The molecule has 0 radical (unpaired) electrons. The summed E-state index contributed by atoms with van der Waals surface area (Å²) in [5.74, 6) is 0.523. The van der Waals surface area contributed by atoms with Crippen LogP contribution in [0.15, 0.2) is 47.6 Å². The summed E-state index contributed by atoms with van der Waals surface area (Å²) in [6.07, 6.45) is 5.13. The van der Waals surface area contributed by atoms with Crippen LogP contribution in [0.3, 0.4) is 0 Å². The van der Waals surface area contributed by atoms with E-state index < -0.39 is 4.92 Å². The van der Waals surface area contributed by atoms with Crippen LogP contribution >= 0.6 is 11.6 Å². The molecule has 0 spiro atoms. The first-order valence-corrected chi connectivity index (χ1v) is 8.51. The van der Waals surface area contributed by atoms with Crippen LogP contribution in [0.2, 0.25) is 5.02 Å². The fourth-order valence-corrected chi connectivity index (χ4v) is 2.80. The molecule has 0 bridgehead atoms. The van der Waals surface area contributed by atoms with E-state index in [1.807, 2.05) is 5.01 Å². The van der Waals surface area contributed by atoms with Gasteiger partial charge in [-0.3, -0.25) is 15.1 Å². The maximum atomic E-state index is 11.4. The Hall–Kier alpha value is -2.60. The number of benzene rings is 2. The number of ether oxygens (including phenoxy) is 1. The van der Waals surface area contributed by atoms with Crippen molar-refractivity contribution in [3.8, 4) is 11.5 Å². The number of nitrogens with zero attached hydrogens (tertiary/aromatic N) is 3. The summed E-state index contributed by atoms with van der Waals surface area (Å²) in [6, 6.07) is 11.6. The van der Waals surface area contributed by atoms with Crippen LogP contribution in [0.1, 0.15) is 24.8 Å². The number of hydrazone groups is 1. The van der Waals surface area contributed by atoms with Gasteiger partial charge in [-0.2, -0.15) is 5.10 Å². The molecule has 6 nitrogen and oxygen atoms in total. The fraction of sp³-hybridized carbons (Fsp3) is 0.278. The first-order chi connectivity index (χ1) is 12.1. The van der Waals surface area contributed by atoms with Crippen LogP contribution in [-0.2, 0) is 0 Å². The van der Waals surface area contributed by atoms with E-state index in [0.717, 1.165) is 25.9 Å². The molecule has 0 amide bonds. The number of nitro benzene ring substituents is 1. The Morgan fingerprint density at radius 3 is 2.60 bits per heavy atom. The number of hydrogen-bond acceptors (Lipinski definition) is 5. The third kappa shape index (κ3) is 4.48. The van der Waals surface area contributed by atoms with Gasteiger partial charge in [0, 0.05) is 24.7 Å². The molecule has 0 saturated carbocycles. The lowest BCUT2D eigenvalue weighted by atomic mass is 10.2. The van der Waals surface area contributed by atoms with Gasteiger partial charge in [0.05, 0.1) is 16.2 Å². The predicted octanol–water partition coefficient (Wildman–Crippen LogP) is 4.86. The molecule has 0 aliphatic carbocycles. The molecule has 2 aromatic carbocycles. The Morgan fingerprint density at radius 1 is 1.12 bits per heavy atom. The number of rotatable bonds is 5. The lowest BCUT2D eigenvalue weighted by Gasteiger charge is -2.23. The van der Waals surface area contributed by atoms with Gasteiger partial charge in [-0.15, -0.1) is 0 Å². The monoisotopic (exact) mass is 359 g/mol. The number of hydrogen-bond donors (Lipinski definition) is 0. The Balaban J connectivity index is 1.82. The third-order valence-corrected chi connectivity index (χ3v) is 4.25. The van der Waals surface area contributed by atoms with Crippen molar-refractivity contribution in [2.75, 3.05) is 13.1 Å². The van der Waals surface area contributed by atoms with Crippen LogP contribution in [0.25, 0.3) is 0 Å². The molecule has 0 atom stereocenters. The largest absolute Gasteiger partial charge is 0.449 e. The summed E-state index contributed by atoms with van der Waals surface area (Å²) in [4.78, 5) is 10.9. The Labute approximate surface area is 150 Å². The number of para-hydroxylation sites is 1. The molecule has 7 heteroatoms. The maximum absolute atomic E-state index is 11.4. The van der Waals surface area contributed by atoms with E-state index in [2.05, 4.69) is 5.10 Å². The molecule has 0 N–H and O–H groups in total. The van der Waals surface area contributed by atoms with Crippen LogP contribution in [0.5, 0.6) is 11.5 Å². The van der Waals surface area contributed by atoms with Crippen LogP contribution in [0.4, 0.5) is 5.69 Å². The Morgan fingerprint density at radius 2 is 1.88 bits per heavy atom. The highest BCUT2D eigenvalue weighted by molar-refractivity contribution is 6.32. The van der Waals surface area contributed by atoms with Crippen molar-refractivity contribution in [1.82, 2.24) is 5.01 Å². The smallest absolute Gasteiger partial charge is 0.312 e. The molecular formula is C18H18ClN3O3. The molecule has 1 saturated heterocycles. The van der Waals surface area contributed by atoms with Gasteiger partial charge in [-0.05, 0) is 43.5 Å². The van der Waals surface area contributed by atoms with E-state index in [4.69, 9.17) is 16.3 Å². The molecule has 1 heterocycles. The molecule has 25 heavy (non-hydrogen) atoms. The lowest BCUT2D eigenvalue weighted by Crippen LogP contribution is -2.24. The summed E-state index contributed by atoms with van der Waals surface area (Å²) < 4.78 is 5.62. The fourth-order valence-electron chi connectivity index (χ4n) is 2.63. The quantitative estimate of drug-likeness (QED) is 0.434. The molecule has 1 fully saturated rings. The molecular weight excluding hydrogens is 342 g/mol. The van der Waals surface area contributed by atoms with E-state index >= 15 is 0 Å². The molecule has 0 unspecified atom stereocenters. The SMILES string of the molecule is O=[N+]([O-])c1cc(/C=N/N2CCCCC2)ccc1Oc1ccccc1Cl. The van der Waals surface area contributed by atoms with Crippen molar-refractivity contribution in [3.63, 3.8) is 0 Å². The van der Waals surface area contributed by atoms with E-state index in [0.29, 0.717) is 16.3 Å². The van der Waals surface area contributed by atoms with Gasteiger partial charge in [0.2, 0.25) is 5.75 Å². The number of piperidine rings is 1. The second kappa shape index (κ2) is 7.98. The zero-order valence-electron chi connectivity index (χ0n) is 13.6. The zero-order valence-corrected chi connectivity index (χ0v) is 14.4. The van der Waals surface area contributed by atoms with E-state index in [1.54, 1.807) is 42.6 Å². The third-order valence-electron chi connectivity index (χ3n) is 3.94. The van der Waals surface area contributed by atoms with Gasteiger partial charge >= 0.3 is 5.69 Å². The second-order valence-corrected chi connectivity index (χ2v) is 6.18. The number of halogens is 1. The Bertz CT molecular complexity index is 789. The summed E-state index contributed by atoms with van der Waals surface area (Å²) >= 11 is 6.05. The summed E-state index contributed by atoms with van der Waals surface area (Å²) in [5, 5.41) is 18.2. The van der Waals surface area contributed by atoms with Gasteiger partial charge in [-0.25, -0.2) is 0 Å². The first-order valence-electron chi connectivity index (χ1n) is 8.13. The molecule has 130 valence electrons. The van der Waals surface area contributed by atoms with Gasteiger partial charge in [-0.1, -0.05) is 23.7 Å².